The summed E-state index contributed by atoms with van der Waals surface area (Å²) in [5.74, 6) is -0.143. The van der Waals surface area contributed by atoms with Crippen molar-refractivity contribution in [2.24, 2.45) is 0 Å². The first kappa shape index (κ1) is 11.2. The van der Waals surface area contributed by atoms with Crippen LogP contribution in [0.5, 0.6) is 5.75 Å². The SMILES string of the molecule is COc1ccc(SC)cc1C(F)(F)F. The molecule has 0 aliphatic heterocycles. The van der Waals surface area contributed by atoms with Crippen molar-refractivity contribution in [3.8, 4) is 5.75 Å². The van der Waals surface area contributed by atoms with Crippen molar-refractivity contribution in [1.82, 2.24) is 0 Å². The molecule has 0 saturated carbocycles. The Bertz CT molecular complexity index is 322. The van der Waals surface area contributed by atoms with Gasteiger partial charge in [0.2, 0.25) is 0 Å². The Morgan fingerprint density at radius 2 is 1.93 bits per heavy atom. The van der Waals surface area contributed by atoms with Gasteiger partial charge in [0.25, 0.3) is 0 Å². The van der Waals surface area contributed by atoms with E-state index in [1.54, 1.807) is 12.3 Å². The molecule has 0 amide bonds. The van der Waals surface area contributed by atoms with Gasteiger partial charge in [0, 0.05) is 4.90 Å². The van der Waals surface area contributed by atoms with Crippen LogP contribution in [0.1, 0.15) is 5.56 Å². The van der Waals surface area contributed by atoms with Crippen LogP contribution in [0.3, 0.4) is 0 Å². The van der Waals surface area contributed by atoms with Crippen LogP contribution in [0.4, 0.5) is 13.2 Å². The molecule has 0 aliphatic rings. The number of alkyl halides is 3. The van der Waals surface area contributed by atoms with Crippen LogP contribution < -0.4 is 4.74 Å². The summed E-state index contributed by atoms with van der Waals surface area (Å²) in [5.41, 5.74) is -0.730. The maximum absolute atomic E-state index is 12.5. The summed E-state index contributed by atoms with van der Waals surface area (Å²) in [4.78, 5) is 0.568. The Balaban J connectivity index is 3.22. The van der Waals surface area contributed by atoms with E-state index in [9.17, 15) is 13.2 Å². The van der Waals surface area contributed by atoms with E-state index in [0.717, 1.165) is 6.07 Å². The van der Waals surface area contributed by atoms with Crippen molar-refractivity contribution in [2.75, 3.05) is 13.4 Å². The molecule has 0 aromatic heterocycles. The number of ether oxygens (including phenoxy) is 1. The first-order valence-electron chi connectivity index (χ1n) is 3.78. The lowest BCUT2D eigenvalue weighted by Crippen LogP contribution is -2.07. The molecule has 0 atom stereocenters. The summed E-state index contributed by atoms with van der Waals surface area (Å²) in [6.07, 6.45) is -2.64. The van der Waals surface area contributed by atoms with Gasteiger partial charge in [-0.1, -0.05) is 0 Å². The second kappa shape index (κ2) is 4.13. The fourth-order valence-corrected chi connectivity index (χ4v) is 1.48. The average Bonchev–Trinajstić information content (AvgIpc) is 2.15. The molecule has 0 fully saturated rings. The maximum Gasteiger partial charge on any atom is 0.420 e. The van der Waals surface area contributed by atoms with E-state index in [1.165, 1.54) is 24.9 Å². The highest BCUT2D eigenvalue weighted by molar-refractivity contribution is 7.98. The third kappa shape index (κ3) is 2.35. The van der Waals surface area contributed by atoms with Crippen molar-refractivity contribution in [2.45, 2.75) is 11.1 Å². The standard InChI is InChI=1S/C9H9F3OS/c1-13-8-4-3-6(14-2)5-7(8)9(10,11)12/h3-5H,1-2H3. The molecule has 0 heterocycles. The normalized spacial score (nSPS) is 11.5. The lowest BCUT2D eigenvalue weighted by atomic mass is 10.2. The van der Waals surface area contributed by atoms with Gasteiger partial charge in [0.1, 0.15) is 5.75 Å². The van der Waals surface area contributed by atoms with Crippen LogP contribution in [0, 0.1) is 0 Å². The summed E-state index contributed by atoms with van der Waals surface area (Å²) < 4.78 is 42.0. The van der Waals surface area contributed by atoms with E-state index in [4.69, 9.17) is 0 Å². The van der Waals surface area contributed by atoms with Gasteiger partial charge in [-0.25, -0.2) is 0 Å². The molecule has 0 spiro atoms. The smallest absolute Gasteiger partial charge is 0.420 e. The predicted octanol–water partition coefficient (Wildman–Crippen LogP) is 3.44. The molecule has 0 bridgehead atoms. The molecule has 1 aromatic carbocycles. The van der Waals surface area contributed by atoms with Crippen molar-refractivity contribution in [3.63, 3.8) is 0 Å². The minimum Gasteiger partial charge on any atom is -0.496 e. The molecule has 5 heteroatoms. The van der Waals surface area contributed by atoms with Crippen LogP contribution >= 0.6 is 11.8 Å². The van der Waals surface area contributed by atoms with Crippen molar-refractivity contribution < 1.29 is 17.9 Å². The minimum atomic E-state index is -4.36. The van der Waals surface area contributed by atoms with Gasteiger partial charge in [0.15, 0.2) is 0 Å². The second-order valence-corrected chi connectivity index (χ2v) is 3.44. The van der Waals surface area contributed by atoms with Gasteiger partial charge < -0.3 is 4.74 Å². The fourth-order valence-electron chi connectivity index (χ4n) is 1.04. The summed E-state index contributed by atoms with van der Waals surface area (Å²) in [6.45, 7) is 0. The van der Waals surface area contributed by atoms with Crippen LogP contribution in [-0.2, 0) is 6.18 Å². The highest BCUT2D eigenvalue weighted by Crippen LogP contribution is 2.37. The van der Waals surface area contributed by atoms with E-state index in [1.807, 2.05) is 0 Å². The second-order valence-electron chi connectivity index (χ2n) is 2.56. The summed E-state index contributed by atoms with van der Waals surface area (Å²) in [7, 11) is 1.23. The number of benzene rings is 1. The Labute approximate surface area is 84.3 Å². The largest absolute Gasteiger partial charge is 0.496 e. The number of hydrogen-bond acceptors (Lipinski definition) is 2. The van der Waals surface area contributed by atoms with E-state index in [2.05, 4.69) is 4.74 Å². The molecule has 0 radical (unpaired) electrons. The molecule has 1 aromatic rings. The highest BCUT2D eigenvalue weighted by Gasteiger charge is 2.34. The highest BCUT2D eigenvalue weighted by atomic mass is 32.2. The summed E-state index contributed by atoms with van der Waals surface area (Å²) in [5, 5.41) is 0. The summed E-state index contributed by atoms with van der Waals surface area (Å²) >= 11 is 1.26. The lowest BCUT2D eigenvalue weighted by Gasteiger charge is -2.12. The van der Waals surface area contributed by atoms with Crippen LogP contribution in [0.2, 0.25) is 0 Å². The monoisotopic (exact) mass is 222 g/mol. The number of thioether (sulfide) groups is 1. The zero-order valence-corrected chi connectivity index (χ0v) is 8.50. The van der Waals surface area contributed by atoms with Crippen molar-refractivity contribution in [3.05, 3.63) is 23.8 Å². The molecule has 0 unspecified atom stereocenters. The van der Waals surface area contributed by atoms with E-state index >= 15 is 0 Å². The molecule has 0 saturated heterocycles. The molecule has 1 rings (SSSR count). The van der Waals surface area contributed by atoms with E-state index in [0.29, 0.717) is 4.90 Å². The molecule has 1 nitrogen and oxygen atoms in total. The Kier molecular flexibility index (Phi) is 3.31. The van der Waals surface area contributed by atoms with Gasteiger partial charge in [-0.2, -0.15) is 13.2 Å². The summed E-state index contributed by atoms with van der Waals surface area (Å²) in [6, 6.07) is 4.01. The fraction of sp³-hybridized carbons (Fsp3) is 0.333. The first-order chi connectivity index (χ1) is 6.49. The van der Waals surface area contributed by atoms with Gasteiger partial charge in [0.05, 0.1) is 12.7 Å². The van der Waals surface area contributed by atoms with Gasteiger partial charge in [-0.15, -0.1) is 11.8 Å². The van der Waals surface area contributed by atoms with Gasteiger partial charge >= 0.3 is 6.18 Å². The third-order valence-corrected chi connectivity index (χ3v) is 2.44. The quantitative estimate of drug-likeness (QED) is 0.709. The number of halogens is 3. The third-order valence-electron chi connectivity index (χ3n) is 1.71. The zero-order chi connectivity index (χ0) is 10.8. The molecular weight excluding hydrogens is 213 g/mol. The van der Waals surface area contributed by atoms with Crippen LogP contribution in [0.15, 0.2) is 23.1 Å². The molecule has 0 aliphatic carbocycles. The lowest BCUT2D eigenvalue weighted by molar-refractivity contribution is -0.138. The number of rotatable bonds is 2. The molecular formula is C9H9F3OS. The Morgan fingerprint density at radius 1 is 1.29 bits per heavy atom. The zero-order valence-electron chi connectivity index (χ0n) is 7.68. The van der Waals surface area contributed by atoms with Gasteiger partial charge in [-0.05, 0) is 24.5 Å². The molecule has 78 valence electrons. The minimum absolute atomic E-state index is 0.143. The Hall–Kier alpha value is -0.840. The van der Waals surface area contributed by atoms with E-state index < -0.39 is 11.7 Å². The predicted molar refractivity (Wildman–Crippen MR) is 49.8 cm³/mol. The number of methoxy groups -OCH3 is 1. The van der Waals surface area contributed by atoms with Crippen molar-refractivity contribution in [1.29, 1.82) is 0 Å². The van der Waals surface area contributed by atoms with Crippen LogP contribution in [-0.4, -0.2) is 13.4 Å². The van der Waals surface area contributed by atoms with E-state index in [-0.39, 0.29) is 5.75 Å². The first-order valence-corrected chi connectivity index (χ1v) is 5.00. The van der Waals surface area contributed by atoms with Crippen LogP contribution in [0.25, 0.3) is 0 Å². The van der Waals surface area contributed by atoms with Gasteiger partial charge in [-0.3, -0.25) is 0 Å². The molecule has 0 N–H and O–H groups in total. The van der Waals surface area contributed by atoms with Crippen molar-refractivity contribution >= 4 is 11.8 Å². The average molecular weight is 222 g/mol. The Morgan fingerprint density at radius 3 is 2.36 bits per heavy atom. The number of hydrogen-bond donors (Lipinski definition) is 0. The topological polar surface area (TPSA) is 9.23 Å². The molecule has 14 heavy (non-hydrogen) atoms. The maximum atomic E-state index is 12.5.